The highest BCUT2D eigenvalue weighted by atomic mass is 16.5. The fourth-order valence-corrected chi connectivity index (χ4v) is 3.27. The van der Waals surface area contributed by atoms with Gasteiger partial charge in [0.05, 0.1) is 12.5 Å². The quantitative estimate of drug-likeness (QED) is 0.759. The molecule has 4 heteroatoms. The molecule has 1 aliphatic heterocycles. The van der Waals surface area contributed by atoms with Crippen LogP contribution in [0.25, 0.3) is 0 Å². The van der Waals surface area contributed by atoms with Crippen LogP contribution in [0.2, 0.25) is 0 Å². The van der Waals surface area contributed by atoms with E-state index in [2.05, 4.69) is 19.2 Å². The highest BCUT2D eigenvalue weighted by Gasteiger charge is 2.57. The van der Waals surface area contributed by atoms with Crippen molar-refractivity contribution in [2.45, 2.75) is 45.3 Å². The van der Waals surface area contributed by atoms with Crippen LogP contribution in [-0.4, -0.2) is 36.4 Å². The molecule has 0 spiro atoms. The Hall–Kier alpha value is -0.610. The van der Waals surface area contributed by atoms with Crippen LogP contribution >= 0.6 is 0 Å². The van der Waals surface area contributed by atoms with Crippen molar-refractivity contribution in [1.82, 2.24) is 5.32 Å². The Morgan fingerprint density at radius 3 is 3.00 bits per heavy atom. The first kappa shape index (κ1) is 11.9. The lowest BCUT2D eigenvalue weighted by atomic mass is 9.55. The Morgan fingerprint density at radius 2 is 2.31 bits per heavy atom. The summed E-state index contributed by atoms with van der Waals surface area (Å²) in [6.07, 6.45) is 2.90. The van der Waals surface area contributed by atoms with Gasteiger partial charge in [-0.1, -0.05) is 13.8 Å². The van der Waals surface area contributed by atoms with Crippen LogP contribution in [0, 0.1) is 11.3 Å². The molecule has 2 aliphatic rings. The number of hydrogen-bond donors (Lipinski definition) is 2. The van der Waals surface area contributed by atoms with Gasteiger partial charge >= 0.3 is 5.97 Å². The Labute approximate surface area is 96.4 Å². The van der Waals surface area contributed by atoms with E-state index in [1.807, 2.05) is 0 Å². The summed E-state index contributed by atoms with van der Waals surface area (Å²) < 4.78 is 5.79. The Balaban J connectivity index is 1.86. The highest BCUT2D eigenvalue weighted by Crippen LogP contribution is 2.51. The van der Waals surface area contributed by atoms with Crippen LogP contribution in [0.15, 0.2) is 0 Å². The second-order valence-corrected chi connectivity index (χ2v) is 5.49. The average Bonchev–Trinajstić information content (AvgIpc) is 2.24. The van der Waals surface area contributed by atoms with Crippen molar-refractivity contribution < 1.29 is 14.6 Å². The van der Waals surface area contributed by atoms with E-state index in [0.717, 1.165) is 13.0 Å². The van der Waals surface area contributed by atoms with E-state index in [9.17, 15) is 4.79 Å². The number of ether oxygens (including phenoxy) is 1. The molecule has 2 N–H and O–H groups in total. The first-order valence-electron chi connectivity index (χ1n) is 6.10. The summed E-state index contributed by atoms with van der Waals surface area (Å²) in [6.45, 7) is 5.86. The molecule has 1 saturated carbocycles. The van der Waals surface area contributed by atoms with Gasteiger partial charge in [-0.3, -0.25) is 4.79 Å². The molecule has 0 bridgehead atoms. The van der Waals surface area contributed by atoms with Gasteiger partial charge in [0.2, 0.25) is 0 Å². The molecule has 0 aromatic rings. The van der Waals surface area contributed by atoms with Crippen molar-refractivity contribution in [3.8, 4) is 0 Å². The van der Waals surface area contributed by atoms with E-state index in [1.165, 1.54) is 6.42 Å². The lowest BCUT2D eigenvalue weighted by Gasteiger charge is -2.60. The molecule has 0 aromatic carbocycles. The summed E-state index contributed by atoms with van der Waals surface area (Å²) in [5.41, 5.74) is 0.142. The van der Waals surface area contributed by atoms with Gasteiger partial charge in [0.15, 0.2) is 0 Å². The number of hydrogen-bond acceptors (Lipinski definition) is 3. The molecule has 3 unspecified atom stereocenters. The molecule has 16 heavy (non-hydrogen) atoms. The fraction of sp³-hybridized carbons (Fsp3) is 0.917. The maximum absolute atomic E-state index is 10.5. The zero-order chi connectivity index (χ0) is 11.8. The minimum Gasteiger partial charge on any atom is -0.481 e. The highest BCUT2D eigenvalue weighted by molar-refractivity contribution is 5.66. The van der Waals surface area contributed by atoms with Gasteiger partial charge in [-0.15, -0.1) is 0 Å². The zero-order valence-electron chi connectivity index (χ0n) is 10.0. The van der Waals surface area contributed by atoms with Gasteiger partial charge in [0, 0.05) is 30.5 Å². The zero-order valence-corrected chi connectivity index (χ0v) is 10.0. The van der Waals surface area contributed by atoms with E-state index in [-0.39, 0.29) is 11.8 Å². The van der Waals surface area contributed by atoms with E-state index in [0.29, 0.717) is 24.6 Å². The van der Waals surface area contributed by atoms with Crippen molar-refractivity contribution in [2.24, 2.45) is 11.3 Å². The first-order chi connectivity index (χ1) is 7.53. The number of nitrogens with one attached hydrogen (secondary N) is 1. The Bertz CT molecular complexity index is 277. The van der Waals surface area contributed by atoms with Crippen LogP contribution in [0.3, 0.4) is 0 Å². The number of aliphatic carboxylic acids is 1. The molecule has 4 nitrogen and oxygen atoms in total. The van der Waals surface area contributed by atoms with E-state index >= 15 is 0 Å². The smallest absolute Gasteiger partial charge is 0.304 e. The molecular weight excluding hydrogens is 206 g/mol. The Kier molecular flexibility index (Phi) is 3.22. The lowest BCUT2D eigenvalue weighted by molar-refractivity contribution is -0.192. The van der Waals surface area contributed by atoms with Gasteiger partial charge in [0.1, 0.15) is 0 Å². The van der Waals surface area contributed by atoms with Crippen molar-refractivity contribution >= 4 is 5.97 Å². The van der Waals surface area contributed by atoms with E-state index in [1.54, 1.807) is 0 Å². The van der Waals surface area contributed by atoms with Crippen LogP contribution in [0.4, 0.5) is 0 Å². The van der Waals surface area contributed by atoms with Crippen LogP contribution in [-0.2, 0) is 9.53 Å². The van der Waals surface area contributed by atoms with Gasteiger partial charge in [-0.2, -0.15) is 0 Å². The summed E-state index contributed by atoms with van der Waals surface area (Å²) in [5.74, 6) is -0.154. The van der Waals surface area contributed by atoms with Gasteiger partial charge in [0.25, 0.3) is 0 Å². The summed E-state index contributed by atoms with van der Waals surface area (Å²) in [7, 11) is 0. The average molecular weight is 227 g/mol. The molecule has 2 rings (SSSR count). The molecule has 1 heterocycles. The molecular formula is C12H21NO3. The van der Waals surface area contributed by atoms with E-state index < -0.39 is 5.97 Å². The fourth-order valence-electron chi connectivity index (χ4n) is 3.27. The lowest BCUT2D eigenvalue weighted by Crippen LogP contribution is -2.69. The normalized spacial score (nSPS) is 36.2. The number of carboxylic acids is 1. The second kappa shape index (κ2) is 4.34. The monoisotopic (exact) mass is 227 g/mol. The first-order valence-corrected chi connectivity index (χ1v) is 6.10. The van der Waals surface area contributed by atoms with Crippen molar-refractivity contribution in [2.75, 3.05) is 13.2 Å². The van der Waals surface area contributed by atoms with E-state index in [4.69, 9.17) is 9.84 Å². The minimum atomic E-state index is -0.735. The molecule has 2 fully saturated rings. The second-order valence-electron chi connectivity index (χ2n) is 5.49. The molecule has 92 valence electrons. The number of carboxylic acid groups (broad SMARTS) is 1. The Morgan fingerprint density at radius 1 is 1.56 bits per heavy atom. The maximum Gasteiger partial charge on any atom is 0.304 e. The summed E-state index contributed by atoms with van der Waals surface area (Å²) in [4.78, 5) is 10.5. The van der Waals surface area contributed by atoms with Crippen LogP contribution < -0.4 is 5.32 Å². The third-order valence-corrected chi connectivity index (χ3v) is 4.03. The predicted molar refractivity (Wildman–Crippen MR) is 60.3 cm³/mol. The molecule has 0 radical (unpaired) electrons. The molecule has 1 aliphatic carbocycles. The van der Waals surface area contributed by atoms with Gasteiger partial charge < -0.3 is 15.2 Å². The predicted octanol–water partition coefficient (Wildman–Crippen LogP) is 1.25. The topological polar surface area (TPSA) is 58.6 Å². The maximum atomic E-state index is 10.5. The van der Waals surface area contributed by atoms with Gasteiger partial charge in [-0.25, -0.2) is 0 Å². The SMILES string of the molecule is CC1(C)C(NCCC(=O)O)C2CCCOC21. The summed E-state index contributed by atoms with van der Waals surface area (Å²) in [5, 5.41) is 12.0. The van der Waals surface area contributed by atoms with Crippen molar-refractivity contribution in [1.29, 1.82) is 0 Å². The third kappa shape index (κ3) is 1.96. The van der Waals surface area contributed by atoms with Gasteiger partial charge in [-0.05, 0) is 12.8 Å². The standard InChI is InChI=1S/C12H21NO3/c1-12(2)10(13-6-5-9(14)15)8-4-3-7-16-11(8)12/h8,10-11,13H,3-7H2,1-2H3,(H,14,15). The number of rotatable bonds is 4. The number of fused-ring (bicyclic) bond motifs is 1. The number of carbonyl (C=O) groups is 1. The summed E-state index contributed by atoms with van der Waals surface area (Å²) in [6, 6.07) is 0.414. The van der Waals surface area contributed by atoms with Crippen molar-refractivity contribution in [3.05, 3.63) is 0 Å². The minimum absolute atomic E-state index is 0.142. The molecule has 3 atom stereocenters. The van der Waals surface area contributed by atoms with Crippen LogP contribution in [0.1, 0.15) is 33.1 Å². The molecule has 0 aromatic heterocycles. The largest absolute Gasteiger partial charge is 0.481 e. The van der Waals surface area contributed by atoms with Crippen LogP contribution in [0.5, 0.6) is 0 Å². The summed E-state index contributed by atoms with van der Waals surface area (Å²) >= 11 is 0. The third-order valence-electron chi connectivity index (χ3n) is 4.03. The molecule has 1 saturated heterocycles. The van der Waals surface area contributed by atoms with Crippen molar-refractivity contribution in [3.63, 3.8) is 0 Å². The molecule has 0 amide bonds.